The first-order chi connectivity index (χ1) is 9.86. The Bertz CT molecular complexity index is 741. The fourth-order valence-electron chi connectivity index (χ4n) is 2.20. The van der Waals surface area contributed by atoms with E-state index < -0.39 is 0 Å². The van der Waals surface area contributed by atoms with E-state index in [9.17, 15) is 9.90 Å². The number of phenols is 1. The molecule has 0 radical (unpaired) electrons. The van der Waals surface area contributed by atoms with Crippen molar-refractivity contribution in [3.8, 4) is 5.75 Å². The number of halogens is 2. The van der Waals surface area contributed by atoms with Gasteiger partial charge in [-0.15, -0.1) is 0 Å². The third-order valence-corrected chi connectivity index (χ3v) is 3.66. The Morgan fingerprint density at radius 3 is 2.62 bits per heavy atom. The quantitative estimate of drug-likeness (QED) is 0.905. The van der Waals surface area contributed by atoms with Crippen molar-refractivity contribution in [2.45, 2.75) is 26.9 Å². The molecule has 0 unspecified atom stereocenters. The average molecular weight is 330 g/mol. The minimum absolute atomic E-state index is 0.0800. The Kier molecular flexibility index (Phi) is 4.76. The zero-order valence-electron chi connectivity index (χ0n) is 12.1. The summed E-state index contributed by atoms with van der Waals surface area (Å²) in [6, 6.07) is 1.36. The number of aromatic hydroxyl groups is 1. The third kappa shape index (κ3) is 3.00. The third-order valence-electron chi connectivity index (χ3n) is 3.07. The van der Waals surface area contributed by atoms with Crippen LogP contribution in [0.3, 0.4) is 0 Å². The molecule has 5 nitrogen and oxygen atoms in total. The maximum Gasteiger partial charge on any atom is 0.263 e. The number of nitrogens with one attached hydrogen (secondary N) is 1. The molecule has 0 atom stereocenters. The topological polar surface area (TPSA) is 67.2 Å². The molecule has 1 aromatic carbocycles. The summed E-state index contributed by atoms with van der Waals surface area (Å²) in [6.45, 7) is 4.96. The van der Waals surface area contributed by atoms with Gasteiger partial charge in [0, 0.05) is 6.54 Å². The molecule has 0 aliphatic rings. The van der Waals surface area contributed by atoms with Crippen LogP contribution in [-0.2, 0) is 13.1 Å². The van der Waals surface area contributed by atoms with Crippen molar-refractivity contribution in [3.05, 3.63) is 32.3 Å². The van der Waals surface area contributed by atoms with E-state index in [0.717, 1.165) is 0 Å². The first-order valence-electron chi connectivity index (χ1n) is 6.61. The normalized spacial score (nSPS) is 11.5. The molecule has 1 heterocycles. The zero-order valence-corrected chi connectivity index (χ0v) is 13.6. The summed E-state index contributed by atoms with van der Waals surface area (Å²) < 4.78 is 1.59. The molecule has 0 saturated heterocycles. The fourth-order valence-corrected chi connectivity index (χ4v) is 2.73. The molecule has 0 spiro atoms. The second-order valence-corrected chi connectivity index (χ2v) is 6.09. The molecule has 0 fully saturated rings. The van der Waals surface area contributed by atoms with Gasteiger partial charge >= 0.3 is 0 Å². The molecular weight excluding hydrogens is 313 g/mol. The first-order valence-corrected chi connectivity index (χ1v) is 7.37. The van der Waals surface area contributed by atoms with Crippen molar-refractivity contribution in [2.75, 3.05) is 7.05 Å². The average Bonchev–Trinajstić information content (AvgIpc) is 2.39. The maximum absolute atomic E-state index is 12.7. The number of benzene rings is 1. The van der Waals surface area contributed by atoms with Crippen molar-refractivity contribution in [2.24, 2.45) is 5.92 Å². The van der Waals surface area contributed by atoms with Gasteiger partial charge in [0.05, 0.1) is 22.0 Å². The molecule has 0 amide bonds. The lowest BCUT2D eigenvalue weighted by Crippen LogP contribution is -2.29. The van der Waals surface area contributed by atoms with Crippen LogP contribution in [0, 0.1) is 5.92 Å². The second-order valence-electron chi connectivity index (χ2n) is 5.28. The molecule has 7 heteroatoms. The Balaban J connectivity index is 2.87. The molecule has 0 aliphatic heterocycles. The van der Waals surface area contributed by atoms with Crippen molar-refractivity contribution < 1.29 is 5.11 Å². The van der Waals surface area contributed by atoms with Crippen molar-refractivity contribution >= 4 is 34.1 Å². The zero-order chi connectivity index (χ0) is 15.7. The second kappa shape index (κ2) is 6.22. The number of phenolic OH excluding ortho intramolecular Hbond substituents is 1. The molecule has 21 heavy (non-hydrogen) atoms. The van der Waals surface area contributed by atoms with Crippen LogP contribution in [0.5, 0.6) is 5.75 Å². The van der Waals surface area contributed by atoms with Gasteiger partial charge in [0.25, 0.3) is 5.56 Å². The fraction of sp³-hybridized carbons (Fsp3) is 0.429. The van der Waals surface area contributed by atoms with Gasteiger partial charge in [0.2, 0.25) is 0 Å². The summed E-state index contributed by atoms with van der Waals surface area (Å²) in [6.07, 6.45) is 0. The highest BCUT2D eigenvalue weighted by Crippen LogP contribution is 2.34. The summed E-state index contributed by atoms with van der Waals surface area (Å²) in [5.74, 6) is 0.594. The van der Waals surface area contributed by atoms with Crippen LogP contribution in [0.25, 0.3) is 10.9 Å². The molecule has 2 rings (SSSR count). The van der Waals surface area contributed by atoms with Crippen LogP contribution < -0.4 is 10.9 Å². The van der Waals surface area contributed by atoms with Gasteiger partial charge < -0.3 is 10.4 Å². The van der Waals surface area contributed by atoms with Gasteiger partial charge in [-0.3, -0.25) is 9.36 Å². The SMILES string of the molecule is CNCc1nc2c(O)c(Cl)cc(Cl)c2c(=O)n1CC(C)C. The van der Waals surface area contributed by atoms with E-state index in [-0.39, 0.29) is 38.2 Å². The van der Waals surface area contributed by atoms with Gasteiger partial charge in [-0.05, 0) is 19.0 Å². The molecule has 1 aromatic heterocycles. The number of nitrogens with zero attached hydrogens (tertiary/aromatic N) is 2. The number of hydrogen-bond acceptors (Lipinski definition) is 4. The van der Waals surface area contributed by atoms with E-state index >= 15 is 0 Å². The van der Waals surface area contributed by atoms with Crippen molar-refractivity contribution in [1.82, 2.24) is 14.9 Å². The highest BCUT2D eigenvalue weighted by Gasteiger charge is 2.18. The van der Waals surface area contributed by atoms with Gasteiger partial charge in [-0.2, -0.15) is 0 Å². The lowest BCUT2D eigenvalue weighted by atomic mass is 10.2. The molecule has 0 saturated carbocycles. The summed E-state index contributed by atoms with van der Waals surface area (Å²) >= 11 is 12.0. The van der Waals surface area contributed by atoms with Crippen LogP contribution in [-0.4, -0.2) is 21.7 Å². The maximum atomic E-state index is 12.7. The van der Waals surface area contributed by atoms with Gasteiger partial charge in [-0.25, -0.2) is 4.98 Å². The lowest BCUT2D eigenvalue weighted by molar-refractivity contribution is 0.473. The Morgan fingerprint density at radius 1 is 1.38 bits per heavy atom. The van der Waals surface area contributed by atoms with E-state index in [1.54, 1.807) is 11.6 Å². The highest BCUT2D eigenvalue weighted by molar-refractivity contribution is 6.39. The largest absolute Gasteiger partial charge is 0.504 e. The van der Waals surface area contributed by atoms with Crippen molar-refractivity contribution in [3.63, 3.8) is 0 Å². The van der Waals surface area contributed by atoms with Crippen LogP contribution in [0.2, 0.25) is 10.0 Å². The van der Waals surface area contributed by atoms with E-state index in [4.69, 9.17) is 23.2 Å². The minimum atomic E-state index is -0.268. The molecule has 2 aromatic rings. The smallest absolute Gasteiger partial charge is 0.263 e. The summed E-state index contributed by atoms with van der Waals surface area (Å²) in [5.41, 5.74) is -0.126. The Labute approximate surface area is 132 Å². The predicted octanol–water partition coefficient (Wildman–Crippen LogP) is 2.78. The number of rotatable bonds is 4. The molecule has 0 bridgehead atoms. The Hall–Kier alpha value is -1.30. The van der Waals surface area contributed by atoms with Crippen LogP contribution in [0.15, 0.2) is 10.9 Å². The van der Waals surface area contributed by atoms with E-state index in [1.165, 1.54) is 6.07 Å². The lowest BCUT2D eigenvalue weighted by Gasteiger charge is -2.16. The van der Waals surface area contributed by atoms with Crippen LogP contribution in [0.4, 0.5) is 0 Å². The van der Waals surface area contributed by atoms with E-state index in [0.29, 0.717) is 18.9 Å². The molecule has 114 valence electrons. The summed E-state index contributed by atoms with van der Waals surface area (Å²) in [5, 5.41) is 13.5. The molecule has 2 N–H and O–H groups in total. The number of aromatic nitrogens is 2. The van der Waals surface area contributed by atoms with Crippen LogP contribution in [0.1, 0.15) is 19.7 Å². The standard InChI is InChI=1S/C14H17Cl2N3O2/c1-7(2)6-19-10(5-17-3)18-12-11(14(19)21)8(15)4-9(16)13(12)20/h4,7,17,20H,5-6H2,1-3H3. The Morgan fingerprint density at radius 2 is 2.05 bits per heavy atom. The summed E-state index contributed by atoms with van der Waals surface area (Å²) in [7, 11) is 1.76. The molecular formula is C14H17Cl2N3O2. The van der Waals surface area contributed by atoms with Crippen LogP contribution >= 0.6 is 23.2 Å². The number of fused-ring (bicyclic) bond motifs is 1. The first kappa shape index (κ1) is 16.1. The van der Waals surface area contributed by atoms with Crippen molar-refractivity contribution in [1.29, 1.82) is 0 Å². The van der Waals surface area contributed by atoms with Gasteiger partial charge in [0.15, 0.2) is 5.75 Å². The van der Waals surface area contributed by atoms with E-state index in [1.807, 2.05) is 13.8 Å². The monoisotopic (exact) mass is 329 g/mol. The van der Waals surface area contributed by atoms with Gasteiger partial charge in [-0.1, -0.05) is 37.0 Å². The molecule has 0 aliphatic carbocycles. The number of hydrogen-bond donors (Lipinski definition) is 2. The minimum Gasteiger partial charge on any atom is -0.504 e. The summed E-state index contributed by atoms with van der Waals surface area (Å²) in [4.78, 5) is 17.1. The van der Waals surface area contributed by atoms with E-state index in [2.05, 4.69) is 10.3 Å². The van der Waals surface area contributed by atoms with Gasteiger partial charge in [0.1, 0.15) is 11.3 Å². The highest BCUT2D eigenvalue weighted by atomic mass is 35.5. The predicted molar refractivity (Wildman–Crippen MR) is 85.3 cm³/mol.